The summed E-state index contributed by atoms with van der Waals surface area (Å²) in [4.78, 5) is 38.5. The fraction of sp³-hybridized carbons (Fsp3) is 0.321. The molecule has 3 N–H and O–H groups in total. The van der Waals surface area contributed by atoms with Crippen LogP contribution < -0.4 is 20.7 Å². The van der Waals surface area contributed by atoms with Crippen LogP contribution in [0.4, 0.5) is 11.5 Å². The summed E-state index contributed by atoms with van der Waals surface area (Å²) in [6.07, 6.45) is 3.61. The zero-order chi connectivity index (χ0) is 26.5. The van der Waals surface area contributed by atoms with E-state index in [0.29, 0.717) is 31.9 Å². The first-order valence-corrected chi connectivity index (χ1v) is 14.0. The molecule has 10 heteroatoms. The Morgan fingerprint density at radius 3 is 2.50 bits per heavy atom. The third-order valence-corrected chi connectivity index (χ3v) is 7.55. The summed E-state index contributed by atoms with van der Waals surface area (Å²) in [5.74, 6) is 0.696. The molecule has 0 saturated carbocycles. The predicted molar refractivity (Wildman–Crippen MR) is 153 cm³/mol. The summed E-state index contributed by atoms with van der Waals surface area (Å²) in [7, 11) is 0. The van der Waals surface area contributed by atoms with E-state index in [4.69, 9.17) is 4.99 Å². The number of aromatic amines is 1. The molecular formula is C28H33N7O2S. The number of hydrogen-bond acceptors (Lipinski definition) is 7. The van der Waals surface area contributed by atoms with Gasteiger partial charge in [0.05, 0.1) is 5.69 Å². The van der Waals surface area contributed by atoms with Crippen LogP contribution in [0.25, 0.3) is 0 Å². The summed E-state index contributed by atoms with van der Waals surface area (Å²) >= 11 is 1.74. The Balaban J connectivity index is 1.31. The molecule has 38 heavy (non-hydrogen) atoms. The molecule has 1 saturated heterocycles. The van der Waals surface area contributed by atoms with E-state index >= 15 is 0 Å². The van der Waals surface area contributed by atoms with E-state index in [1.54, 1.807) is 11.8 Å². The van der Waals surface area contributed by atoms with Gasteiger partial charge in [0.1, 0.15) is 11.5 Å². The van der Waals surface area contributed by atoms with Crippen LogP contribution in [0.3, 0.4) is 0 Å². The molecule has 2 aliphatic heterocycles. The summed E-state index contributed by atoms with van der Waals surface area (Å²) in [5, 5.41) is 4.75. The number of benzene rings is 2. The van der Waals surface area contributed by atoms with Gasteiger partial charge in [0.15, 0.2) is 6.17 Å². The lowest BCUT2D eigenvalue weighted by Crippen LogP contribution is -2.49. The number of carbonyl (C=O) groups excluding carboxylic acids is 2. The second-order valence-corrected chi connectivity index (χ2v) is 10.1. The van der Waals surface area contributed by atoms with Gasteiger partial charge in [-0.1, -0.05) is 42.5 Å². The summed E-state index contributed by atoms with van der Waals surface area (Å²) in [5.41, 5.74) is 7.03. The van der Waals surface area contributed by atoms with Crippen LogP contribution in [-0.2, 0) is 4.79 Å². The Kier molecular flexibility index (Phi) is 8.00. The third kappa shape index (κ3) is 5.56. The van der Waals surface area contributed by atoms with Gasteiger partial charge in [-0.3, -0.25) is 19.6 Å². The second kappa shape index (κ2) is 11.7. The van der Waals surface area contributed by atoms with Crippen molar-refractivity contribution in [3.63, 3.8) is 0 Å². The van der Waals surface area contributed by atoms with Gasteiger partial charge in [-0.25, -0.2) is 5.43 Å². The van der Waals surface area contributed by atoms with Gasteiger partial charge in [-0.05, 0) is 30.0 Å². The summed E-state index contributed by atoms with van der Waals surface area (Å²) in [6.45, 7) is 5.38. The number of hydrazine groups is 1. The highest BCUT2D eigenvalue weighted by atomic mass is 32.2. The van der Waals surface area contributed by atoms with Crippen LogP contribution in [0.2, 0.25) is 0 Å². The highest BCUT2D eigenvalue weighted by Crippen LogP contribution is 2.33. The molecule has 2 amide bonds. The Morgan fingerprint density at radius 2 is 1.76 bits per heavy atom. The van der Waals surface area contributed by atoms with Crippen LogP contribution in [0, 0.1) is 0 Å². The van der Waals surface area contributed by atoms with Crippen molar-refractivity contribution in [3.05, 3.63) is 77.5 Å². The Bertz CT molecular complexity index is 1300. The van der Waals surface area contributed by atoms with E-state index in [2.05, 4.69) is 51.1 Å². The topological polar surface area (TPSA) is 96.1 Å². The number of H-pyrrole nitrogens is 1. The number of nitrogens with zero attached hydrogens (tertiary/aromatic N) is 4. The molecule has 1 atom stereocenters. The van der Waals surface area contributed by atoms with E-state index in [1.165, 1.54) is 17.5 Å². The number of aliphatic imine (C=N–C) groups is 1. The summed E-state index contributed by atoms with van der Waals surface area (Å²) < 4.78 is 0. The minimum absolute atomic E-state index is 0.0138. The number of nitrogens with one attached hydrogen (secondary N) is 3. The maximum absolute atomic E-state index is 13.5. The SMILES string of the molecule is CSc1ccccc1N1CCN(C(=O)c2cc3c([nH]2)N(NCCNC(C)=O)C(c2ccccc2)N=C3)CC1. The molecule has 0 radical (unpaired) electrons. The van der Waals surface area contributed by atoms with Crippen LogP contribution in [0.5, 0.6) is 0 Å². The predicted octanol–water partition coefficient (Wildman–Crippen LogP) is 3.28. The van der Waals surface area contributed by atoms with Crippen LogP contribution in [0.15, 0.2) is 70.6 Å². The average molecular weight is 532 g/mol. The van der Waals surface area contributed by atoms with Gasteiger partial charge in [0, 0.05) is 62.9 Å². The molecule has 9 nitrogen and oxygen atoms in total. The zero-order valence-electron chi connectivity index (χ0n) is 21.7. The maximum Gasteiger partial charge on any atom is 0.270 e. The zero-order valence-corrected chi connectivity index (χ0v) is 22.5. The number of hydrogen-bond donors (Lipinski definition) is 3. The highest BCUT2D eigenvalue weighted by Gasteiger charge is 2.30. The number of piperazine rings is 1. The van der Waals surface area contributed by atoms with Crippen molar-refractivity contribution in [3.8, 4) is 0 Å². The van der Waals surface area contributed by atoms with Crippen molar-refractivity contribution in [2.24, 2.45) is 4.99 Å². The minimum Gasteiger partial charge on any atom is -0.367 e. The van der Waals surface area contributed by atoms with Gasteiger partial charge in [0.25, 0.3) is 5.91 Å². The number of thioether (sulfide) groups is 1. The van der Waals surface area contributed by atoms with Crippen molar-refractivity contribution in [2.45, 2.75) is 18.0 Å². The number of fused-ring (bicyclic) bond motifs is 1. The third-order valence-electron chi connectivity index (χ3n) is 6.77. The second-order valence-electron chi connectivity index (χ2n) is 9.26. The van der Waals surface area contributed by atoms with Crippen molar-refractivity contribution < 1.29 is 9.59 Å². The highest BCUT2D eigenvalue weighted by molar-refractivity contribution is 7.98. The normalized spacial score (nSPS) is 16.9. The average Bonchev–Trinajstić information content (AvgIpc) is 3.40. The number of carbonyl (C=O) groups is 2. The number of rotatable bonds is 8. The number of amides is 2. The fourth-order valence-corrected chi connectivity index (χ4v) is 5.49. The molecule has 0 aliphatic carbocycles. The van der Waals surface area contributed by atoms with E-state index in [9.17, 15) is 9.59 Å². The molecule has 3 aromatic rings. The van der Waals surface area contributed by atoms with Gasteiger partial charge in [-0.15, -0.1) is 11.8 Å². The quantitative estimate of drug-likeness (QED) is 0.305. The standard InChI is InChI=1S/C28H33N7O2S/c1-20(36)29-12-13-31-35-26(21-8-4-3-5-9-21)30-19-22-18-23(32-27(22)35)28(37)34-16-14-33(15-17-34)24-10-6-7-11-25(24)38-2/h3-11,18-19,26,31-32H,12-17H2,1-2H3,(H,29,36). The first kappa shape index (κ1) is 25.9. The van der Waals surface area contributed by atoms with Crippen molar-refractivity contribution in [1.82, 2.24) is 20.6 Å². The smallest absolute Gasteiger partial charge is 0.270 e. The van der Waals surface area contributed by atoms with E-state index in [-0.39, 0.29) is 18.0 Å². The molecule has 198 valence electrons. The first-order chi connectivity index (χ1) is 18.5. The molecule has 5 rings (SSSR count). The van der Waals surface area contributed by atoms with Gasteiger partial charge >= 0.3 is 0 Å². The maximum atomic E-state index is 13.5. The molecule has 2 aliphatic rings. The van der Waals surface area contributed by atoms with Crippen LogP contribution in [-0.4, -0.2) is 73.4 Å². The lowest BCUT2D eigenvalue weighted by Gasteiger charge is -2.36. The number of anilines is 2. The molecule has 1 fully saturated rings. The lowest BCUT2D eigenvalue weighted by atomic mass is 10.1. The monoisotopic (exact) mass is 531 g/mol. The molecule has 0 bridgehead atoms. The van der Waals surface area contributed by atoms with E-state index in [1.807, 2.05) is 52.5 Å². The van der Waals surface area contributed by atoms with Crippen molar-refractivity contribution >= 4 is 41.3 Å². The Labute approximate surface area is 227 Å². The van der Waals surface area contributed by atoms with Gasteiger partial charge in [-0.2, -0.15) is 0 Å². The molecular weight excluding hydrogens is 498 g/mol. The number of para-hydroxylation sites is 1. The van der Waals surface area contributed by atoms with Crippen LogP contribution >= 0.6 is 11.8 Å². The molecule has 3 heterocycles. The van der Waals surface area contributed by atoms with Gasteiger partial charge < -0.3 is 20.1 Å². The van der Waals surface area contributed by atoms with Crippen LogP contribution in [0.1, 0.15) is 34.7 Å². The van der Waals surface area contributed by atoms with Crippen molar-refractivity contribution in [2.75, 3.05) is 55.4 Å². The van der Waals surface area contributed by atoms with Gasteiger partial charge in [0.2, 0.25) is 5.91 Å². The summed E-state index contributed by atoms with van der Waals surface area (Å²) in [6, 6.07) is 20.3. The molecule has 0 spiro atoms. The Morgan fingerprint density at radius 1 is 1.03 bits per heavy atom. The lowest BCUT2D eigenvalue weighted by molar-refractivity contribution is -0.118. The largest absolute Gasteiger partial charge is 0.367 e. The number of aromatic nitrogens is 1. The molecule has 2 aromatic carbocycles. The minimum atomic E-state index is -0.303. The first-order valence-electron chi connectivity index (χ1n) is 12.8. The van der Waals surface area contributed by atoms with E-state index in [0.717, 1.165) is 30.0 Å². The molecule has 1 aromatic heterocycles. The molecule has 1 unspecified atom stereocenters. The Hall–Kier alpha value is -3.76. The fourth-order valence-electron chi connectivity index (χ4n) is 4.86. The van der Waals surface area contributed by atoms with E-state index < -0.39 is 0 Å². The van der Waals surface area contributed by atoms with Crippen molar-refractivity contribution in [1.29, 1.82) is 0 Å².